The van der Waals surface area contributed by atoms with Crippen LogP contribution in [0.3, 0.4) is 0 Å². The molecule has 2 aromatic carbocycles. The molecule has 1 aliphatic rings. The summed E-state index contributed by atoms with van der Waals surface area (Å²) in [6, 6.07) is 17.9. The van der Waals surface area contributed by atoms with Gasteiger partial charge in [0.25, 0.3) is 0 Å². The van der Waals surface area contributed by atoms with Crippen LogP contribution < -0.4 is 9.47 Å². The Balaban J connectivity index is 1.64. The van der Waals surface area contributed by atoms with E-state index in [4.69, 9.17) is 18.9 Å². The van der Waals surface area contributed by atoms with Crippen molar-refractivity contribution in [2.45, 2.75) is 43.8 Å². The number of rotatable bonds is 10. The molecule has 0 aliphatic carbocycles. The van der Waals surface area contributed by atoms with Crippen LogP contribution in [0.2, 0.25) is 0 Å². The van der Waals surface area contributed by atoms with E-state index < -0.39 is 0 Å². The monoisotopic (exact) mass is 495 g/mol. The summed E-state index contributed by atoms with van der Waals surface area (Å²) in [6.07, 6.45) is 3.51. The van der Waals surface area contributed by atoms with Gasteiger partial charge in [-0.3, -0.25) is 0 Å². The standard InChI is InChI=1S/C28H33NO5S/c1-18-5-6-22(16-30)34-28(18)27-12-11-26(29-27)20-13-23(32-19(2)17-31-3)15-24(14-20)33-21-7-9-25(35-4)10-8-21/h7-15,19,22,29-30H,5-6,16-17H2,1-4H3. The second-order valence-electron chi connectivity index (χ2n) is 8.71. The number of aromatic amines is 1. The molecule has 0 spiro atoms. The van der Waals surface area contributed by atoms with Gasteiger partial charge in [0.15, 0.2) is 0 Å². The second-order valence-corrected chi connectivity index (χ2v) is 9.59. The maximum Gasteiger partial charge on any atom is 0.142 e. The van der Waals surface area contributed by atoms with Crippen molar-refractivity contribution in [3.05, 3.63) is 65.9 Å². The number of allylic oxidation sites excluding steroid dienone is 1. The van der Waals surface area contributed by atoms with Crippen LogP contribution in [-0.2, 0) is 9.47 Å². The van der Waals surface area contributed by atoms with Crippen LogP contribution in [0, 0.1) is 0 Å². The topological polar surface area (TPSA) is 72.9 Å². The van der Waals surface area contributed by atoms with E-state index in [0.717, 1.165) is 41.3 Å². The molecule has 1 aromatic heterocycles. The molecule has 0 saturated carbocycles. The fourth-order valence-electron chi connectivity index (χ4n) is 4.07. The number of aromatic nitrogens is 1. The van der Waals surface area contributed by atoms with E-state index in [1.54, 1.807) is 18.9 Å². The van der Waals surface area contributed by atoms with Crippen molar-refractivity contribution in [1.82, 2.24) is 4.98 Å². The molecule has 6 nitrogen and oxygen atoms in total. The summed E-state index contributed by atoms with van der Waals surface area (Å²) in [5, 5.41) is 9.55. The number of methoxy groups -OCH3 is 1. The number of ether oxygens (including phenoxy) is 4. The van der Waals surface area contributed by atoms with Gasteiger partial charge in [-0.2, -0.15) is 0 Å². The molecule has 2 heterocycles. The second kappa shape index (κ2) is 11.7. The third kappa shape index (κ3) is 6.42. The molecule has 3 aromatic rings. The summed E-state index contributed by atoms with van der Waals surface area (Å²) < 4.78 is 23.6. The van der Waals surface area contributed by atoms with Gasteiger partial charge in [-0.05, 0) is 87.0 Å². The van der Waals surface area contributed by atoms with Gasteiger partial charge in [0.05, 0.1) is 18.9 Å². The molecule has 0 fully saturated rings. The first-order valence-corrected chi connectivity index (χ1v) is 13.0. The Bertz CT molecular complexity index is 1150. The highest BCUT2D eigenvalue weighted by molar-refractivity contribution is 7.98. The maximum atomic E-state index is 9.55. The highest BCUT2D eigenvalue weighted by Crippen LogP contribution is 2.35. The van der Waals surface area contributed by atoms with Crippen molar-refractivity contribution in [2.75, 3.05) is 26.6 Å². The molecule has 7 heteroatoms. The molecule has 1 aliphatic heterocycles. The number of hydrogen-bond donors (Lipinski definition) is 2. The molecular weight excluding hydrogens is 462 g/mol. The Labute approximate surface area is 211 Å². The Morgan fingerprint density at radius 2 is 1.80 bits per heavy atom. The van der Waals surface area contributed by atoms with Crippen LogP contribution in [0.4, 0.5) is 0 Å². The number of nitrogens with one attached hydrogen (secondary N) is 1. The van der Waals surface area contributed by atoms with E-state index >= 15 is 0 Å². The SMILES string of the molecule is COCC(C)Oc1cc(Oc2ccc(SC)cc2)cc(-c2ccc(C3=C(C)CCC(CO)O3)[nH]2)c1. The molecule has 0 bridgehead atoms. The van der Waals surface area contributed by atoms with Gasteiger partial charge in [-0.1, -0.05) is 0 Å². The minimum absolute atomic E-state index is 0.0159. The molecule has 4 rings (SSSR count). The summed E-state index contributed by atoms with van der Waals surface area (Å²) in [4.78, 5) is 4.66. The van der Waals surface area contributed by atoms with Crippen LogP contribution in [0.1, 0.15) is 32.4 Å². The third-order valence-electron chi connectivity index (χ3n) is 5.87. The summed E-state index contributed by atoms with van der Waals surface area (Å²) in [5.41, 5.74) is 3.92. The number of aliphatic hydroxyl groups is 1. The predicted molar refractivity (Wildman–Crippen MR) is 140 cm³/mol. The Morgan fingerprint density at radius 1 is 1.06 bits per heavy atom. The first-order chi connectivity index (χ1) is 17.0. The number of hydrogen-bond acceptors (Lipinski definition) is 6. The average molecular weight is 496 g/mol. The molecule has 2 atom stereocenters. The van der Waals surface area contributed by atoms with Crippen molar-refractivity contribution in [1.29, 1.82) is 0 Å². The van der Waals surface area contributed by atoms with Gasteiger partial charge in [0.1, 0.15) is 35.2 Å². The Hall–Kier alpha value is -2.87. The molecule has 2 N–H and O–H groups in total. The summed E-state index contributed by atoms with van der Waals surface area (Å²) in [5.74, 6) is 2.95. The summed E-state index contributed by atoms with van der Waals surface area (Å²) in [6.45, 7) is 4.54. The fourth-order valence-corrected chi connectivity index (χ4v) is 4.48. The highest BCUT2D eigenvalue weighted by atomic mass is 32.2. The minimum Gasteiger partial charge on any atom is -0.488 e. The zero-order valence-electron chi connectivity index (χ0n) is 20.7. The van der Waals surface area contributed by atoms with Gasteiger partial charge in [0.2, 0.25) is 0 Å². The number of thioether (sulfide) groups is 1. The van der Waals surface area contributed by atoms with Crippen molar-refractivity contribution in [3.8, 4) is 28.5 Å². The van der Waals surface area contributed by atoms with Crippen LogP contribution >= 0.6 is 11.8 Å². The van der Waals surface area contributed by atoms with Crippen molar-refractivity contribution < 1.29 is 24.1 Å². The van der Waals surface area contributed by atoms with Crippen molar-refractivity contribution in [3.63, 3.8) is 0 Å². The average Bonchev–Trinajstić information content (AvgIpc) is 3.35. The molecule has 35 heavy (non-hydrogen) atoms. The Morgan fingerprint density at radius 3 is 2.51 bits per heavy atom. The molecular formula is C28H33NO5S. The molecule has 2 unspecified atom stereocenters. The van der Waals surface area contributed by atoms with Crippen molar-refractivity contribution >= 4 is 17.5 Å². The molecule has 0 amide bonds. The minimum atomic E-state index is -0.169. The maximum absolute atomic E-state index is 9.55. The lowest BCUT2D eigenvalue weighted by Gasteiger charge is -2.25. The van der Waals surface area contributed by atoms with Crippen molar-refractivity contribution in [2.24, 2.45) is 0 Å². The normalized spacial score (nSPS) is 16.7. The van der Waals surface area contributed by atoms with Gasteiger partial charge in [-0.25, -0.2) is 0 Å². The number of benzene rings is 2. The van der Waals surface area contributed by atoms with E-state index in [1.165, 1.54) is 10.5 Å². The van der Waals surface area contributed by atoms with Gasteiger partial charge < -0.3 is 29.0 Å². The molecule has 186 valence electrons. The fraction of sp³-hybridized carbons (Fsp3) is 0.357. The van der Waals surface area contributed by atoms with Gasteiger partial charge in [-0.15, -0.1) is 11.8 Å². The van der Waals surface area contributed by atoms with E-state index in [0.29, 0.717) is 18.1 Å². The van der Waals surface area contributed by atoms with Crippen LogP contribution in [0.5, 0.6) is 17.2 Å². The van der Waals surface area contributed by atoms with Crippen LogP contribution in [0.25, 0.3) is 17.0 Å². The van der Waals surface area contributed by atoms with Gasteiger partial charge in [0, 0.05) is 29.3 Å². The van der Waals surface area contributed by atoms with Crippen LogP contribution in [0.15, 0.2) is 65.1 Å². The van der Waals surface area contributed by atoms with E-state index in [9.17, 15) is 5.11 Å². The predicted octanol–water partition coefficient (Wildman–Crippen LogP) is 6.51. The smallest absolute Gasteiger partial charge is 0.142 e. The zero-order chi connectivity index (χ0) is 24.8. The molecule has 0 saturated heterocycles. The van der Waals surface area contributed by atoms with E-state index in [1.807, 2.05) is 61.5 Å². The lowest BCUT2D eigenvalue weighted by molar-refractivity contribution is 0.0760. The Kier molecular flexibility index (Phi) is 8.44. The van der Waals surface area contributed by atoms with E-state index in [2.05, 4.69) is 18.2 Å². The van der Waals surface area contributed by atoms with Crippen LogP contribution in [-0.4, -0.2) is 48.9 Å². The largest absolute Gasteiger partial charge is 0.488 e. The first kappa shape index (κ1) is 25.2. The molecule has 0 radical (unpaired) electrons. The zero-order valence-corrected chi connectivity index (χ0v) is 21.5. The van der Waals surface area contributed by atoms with E-state index in [-0.39, 0.29) is 18.8 Å². The summed E-state index contributed by atoms with van der Waals surface area (Å²) >= 11 is 1.69. The highest BCUT2D eigenvalue weighted by Gasteiger charge is 2.22. The third-order valence-corrected chi connectivity index (χ3v) is 6.62. The number of aliphatic hydroxyl groups excluding tert-OH is 1. The quantitative estimate of drug-likeness (QED) is 0.312. The first-order valence-electron chi connectivity index (χ1n) is 11.8. The number of H-pyrrole nitrogens is 1. The lowest BCUT2D eigenvalue weighted by Crippen LogP contribution is -2.21. The summed E-state index contributed by atoms with van der Waals surface area (Å²) in [7, 11) is 1.66. The van der Waals surface area contributed by atoms with Gasteiger partial charge >= 0.3 is 0 Å². The lowest BCUT2D eigenvalue weighted by atomic mass is 10.0.